The highest BCUT2D eigenvalue weighted by Gasteiger charge is 2.04. The van der Waals surface area contributed by atoms with Crippen LogP contribution in [0.15, 0.2) is 11.4 Å². The van der Waals surface area contributed by atoms with Crippen molar-refractivity contribution in [2.24, 2.45) is 0 Å². The van der Waals surface area contributed by atoms with Crippen LogP contribution in [0.5, 0.6) is 0 Å². The Bertz CT molecular complexity index is 89.3. The summed E-state index contributed by atoms with van der Waals surface area (Å²) in [6.07, 6.45) is -3.53. The lowest BCUT2D eigenvalue weighted by Crippen LogP contribution is -1.88. The molecule has 0 fully saturated rings. The van der Waals surface area contributed by atoms with E-state index in [-0.39, 0.29) is 0 Å². The van der Waals surface area contributed by atoms with Crippen LogP contribution in [0.1, 0.15) is 6.42 Å². The summed E-state index contributed by atoms with van der Waals surface area (Å²) < 4.78 is 33.9. The van der Waals surface area contributed by atoms with Crippen LogP contribution < -0.4 is 0 Å². The predicted octanol–water partition coefficient (Wildman–Crippen LogP) is 2.69. The molecule has 0 atom stereocenters. The van der Waals surface area contributed by atoms with Gasteiger partial charge in [0.2, 0.25) is 6.43 Å². The molecule has 0 aliphatic heterocycles. The Kier molecular flexibility index (Phi) is 3.69. The maximum absolute atomic E-state index is 11.6. The average Bonchev–Trinajstić information content (AvgIpc) is 1.65. The fourth-order valence-electron chi connectivity index (χ4n) is 0.192. The van der Waals surface area contributed by atoms with E-state index in [1.807, 2.05) is 0 Å². The maximum Gasteiger partial charge on any atom is 0.244 e. The summed E-state index contributed by atoms with van der Waals surface area (Å²) in [4.78, 5) is 0. The van der Waals surface area contributed by atoms with Crippen LogP contribution in [0.3, 0.4) is 0 Å². The van der Waals surface area contributed by atoms with Crippen LogP contribution in [0, 0.1) is 0 Å². The third-order valence-corrected chi connectivity index (χ3v) is 0.704. The first kappa shape index (κ1) is 7.82. The quantitative estimate of drug-likeness (QED) is 0.559. The lowest BCUT2D eigenvalue weighted by Gasteiger charge is -1.90. The van der Waals surface area contributed by atoms with Crippen LogP contribution in [0.4, 0.5) is 13.2 Å². The molecule has 0 aromatic carbocycles. The molecule has 0 N–H and O–H groups in total. The van der Waals surface area contributed by atoms with Gasteiger partial charge in [-0.05, 0) is 0 Å². The highest BCUT2D eigenvalue weighted by molar-refractivity contribution is 6.25. The molecule has 48 valence electrons. The predicted molar refractivity (Wildman–Crippen MR) is 25.7 cm³/mol. The number of hydrogen-bond donors (Lipinski definition) is 0. The Hall–Kier alpha value is -0.180. The molecule has 0 heterocycles. The van der Waals surface area contributed by atoms with E-state index in [4.69, 9.17) is 11.6 Å². The molecule has 0 bridgehead atoms. The largest absolute Gasteiger partial charge is 0.244 e. The second-order valence-electron chi connectivity index (χ2n) is 1.15. The first-order chi connectivity index (χ1) is 3.66. The van der Waals surface area contributed by atoms with E-state index in [9.17, 15) is 13.2 Å². The number of rotatable bonds is 2. The van der Waals surface area contributed by atoms with Gasteiger partial charge in [0.1, 0.15) is 5.83 Å². The molecule has 0 radical (unpaired) electrons. The molecule has 0 aromatic heterocycles. The average molecular weight is 145 g/mol. The summed E-state index contributed by atoms with van der Waals surface area (Å²) >= 11 is 4.73. The third kappa shape index (κ3) is 3.99. The minimum Gasteiger partial charge on any atom is -0.211 e. The highest BCUT2D eigenvalue weighted by Crippen LogP contribution is 2.10. The van der Waals surface area contributed by atoms with Crippen LogP contribution in [0.25, 0.3) is 0 Å². The molecule has 0 aromatic rings. The smallest absolute Gasteiger partial charge is 0.211 e. The van der Waals surface area contributed by atoms with Crippen LogP contribution >= 0.6 is 11.6 Å². The second-order valence-corrected chi connectivity index (χ2v) is 1.37. The minimum atomic E-state index is -2.65. The molecule has 4 heteroatoms. The van der Waals surface area contributed by atoms with Crippen molar-refractivity contribution in [3.63, 3.8) is 0 Å². The molecule has 0 rings (SSSR count). The van der Waals surface area contributed by atoms with Gasteiger partial charge in [-0.3, -0.25) is 0 Å². The summed E-state index contributed by atoms with van der Waals surface area (Å²) in [5.41, 5.74) is 0.506. The lowest BCUT2D eigenvalue weighted by atomic mass is 10.4. The summed E-state index contributed by atoms with van der Waals surface area (Å²) in [6, 6.07) is 0. The Morgan fingerprint density at radius 3 is 2.25 bits per heavy atom. The van der Waals surface area contributed by atoms with Gasteiger partial charge in [0.25, 0.3) is 0 Å². The topological polar surface area (TPSA) is 0 Å². The summed E-state index contributed by atoms with van der Waals surface area (Å²) in [5, 5.41) is 0. The number of alkyl halides is 2. The molecule has 0 saturated carbocycles. The highest BCUT2D eigenvalue weighted by atomic mass is 35.5. The summed E-state index contributed by atoms with van der Waals surface area (Å²) in [5.74, 6) is -0.985. The molecule has 0 spiro atoms. The molecule has 0 aliphatic rings. The number of halogens is 4. The molecular formula is C4H4ClF3. The van der Waals surface area contributed by atoms with Gasteiger partial charge in [0.15, 0.2) is 0 Å². The van der Waals surface area contributed by atoms with Gasteiger partial charge in [0.05, 0.1) is 6.42 Å². The summed E-state index contributed by atoms with van der Waals surface area (Å²) in [7, 11) is 0. The standard InChI is InChI=1S/C4H4ClF3/c5-2-3(6)1-4(7)8/h2,4H,1H2. The zero-order valence-electron chi connectivity index (χ0n) is 3.87. The Balaban J connectivity index is 3.39. The second kappa shape index (κ2) is 3.78. The van der Waals surface area contributed by atoms with Gasteiger partial charge in [-0.2, -0.15) is 0 Å². The normalized spacial score (nSPS) is 12.9. The van der Waals surface area contributed by atoms with Gasteiger partial charge >= 0.3 is 0 Å². The zero-order valence-corrected chi connectivity index (χ0v) is 4.63. The van der Waals surface area contributed by atoms with Crippen molar-refractivity contribution in [2.45, 2.75) is 12.8 Å². The lowest BCUT2D eigenvalue weighted by molar-refractivity contribution is 0.141. The monoisotopic (exact) mass is 144 g/mol. The van der Waals surface area contributed by atoms with E-state index < -0.39 is 18.7 Å². The van der Waals surface area contributed by atoms with E-state index in [0.717, 1.165) is 0 Å². The van der Waals surface area contributed by atoms with Gasteiger partial charge < -0.3 is 0 Å². The minimum absolute atomic E-state index is 0.506. The summed E-state index contributed by atoms with van der Waals surface area (Å²) in [6.45, 7) is 0. The Morgan fingerprint density at radius 2 is 2.12 bits per heavy atom. The van der Waals surface area contributed by atoms with Crippen molar-refractivity contribution in [1.29, 1.82) is 0 Å². The number of allylic oxidation sites excluding steroid dienone is 1. The molecule has 8 heavy (non-hydrogen) atoms. The van der Waals surface area contributed by atoms with Crippen LogP contribution in [-0.4, -0.2) is 6.43 Å². The molecule has 0 aliphatic carbocycles. The Morgan fingerprint density at radius 1 is 1.62 bits per heavy atom. The van der Waals surface area contributed by atoms with Crippen LogP contribution in [0.2, 0.25) is 0 Å². The number of hydrogen-bond acceptors (Lipinski definition) is 0. The first-order valence-electron chi connectivity index (χ1n) is 1.89. The van der Waals surface area contributed by atoms with Crippen molar-refractivity contribution in [1.82, 2.24) is 0 Å². The molecule has 0 saturated heterocycles. The van der Waals surface area contributed by atoms with Gasteiger partial charge in [0, 0.05) is 5.54 Å². The fraction of sp³-hybridized carbons (Fsp3) is 0.500. The van der Waals surface area contributed by atoms with E-state index in [2.05, 4.69) is 0 Å². The van der Waals surface area contributed by atoms with Crippen LogP contribution in [-0.2, 0) is 0 Å². The van der Waals surface area contributed by atoms with E-state index in [1.54, 1.807) is 0 Å². The molecular weight excluding hydrogens is 140 g/mol. The van der Waals surface area contributed by atoms with E-state index in [1.165, 1.54) is 0 Å². The van der Waals surface area contributed by atoms with Gasteiger partial charge in [-0.15, -0.1) is 0 Å². The fourth-order valence-corrected chi connectivity index (χ4v) is 0.281. The Labute approximate surface area is 49.9 Å². The molecule has 0 amide bonds. The zero-order chi connectivity index (χ0) is 6.57. The first-order valence-corrected chi connectivity index (χ1v) is 2.33. The third-order valence-electron chi connectivity index (χ3n) is 0.468. The van der Waals surface area contributed by atoms with Crippen molar-refractivity contribution in [2.75, 3.05) is 0 Å². The van der Waals surface area contributed by atoms with E-state index in [0.29, 0.717) is 5.54 Å². The molecule has 0 unspecified atom stereocenters. The maximum atomic E-state index is 11.6. The van der Waals surface area contributed by atoms with Crippen molar-refractivity contribution in [3.05, 3.63) is 11.4 Å². The van der Waals surface area contributed by atoms with Crippen molar-refractivity contribution >= 4 is 11.6 Å². The van der Waals surface area contributed by atoms with Crippen molar-refractivity contribution < 1.29 is 13.2 Å². The SMILES string of the molecule is FC(=CCl)CC(F)F. The molecule has 0 nitrogen and oxygen atoms in total. The van der Waals surface area contributed by atoms with Gasteiger partial charge in [-0.25, -0.2) is 13.2 Å². The van der Waals surface area contributed by atoms with E-state index >= 15 is 0 Å². The van der Waals surface area contributed by atoms with Gasteiger partial charge in [-0.1, -0.05) is 11.6 Å². The van der Waals surface area contributed by atoms with Crippen molar-refractivity contribution in [3.8, 4) is 0 Å².